The van der Waals surface area contributed by atoms with Crippen LogP contribution in [-0.4, -0.2) is 133 Å². The number of aliphatic hydroxyl groups excluding tert-OH is 5. The summed E-state index contributed by atoms with van der Waals surface area (Å²) in [5, 5.41) is 49.7. The molecule has 0 radical (unpaired) electrons. The standard InChI is InChI=1S/C14H14F2O2.C12H13F2NO2.C10H16O2.3C8H12O2.C7H12O.C3H5BrO.C3H4O.CH4/c1-9(17)13-4-2-3-5-14(13)18-12-7-10(15)6-11(16)8-12;13-8-4-9(14)6-10(5-8)17-12-2-1-3-15-11(12)7-16;1-4-6-7-9(8(3)11)10(12)5-2;3*1-6(9)7-4-2-3-5-8(7)10;1-3-4-5-6-7(2)8;1-3(5)2-4;1-2-3-4;/h3,5-8,13-14H,2,4H2,1H3;1-2,4-6,11-12,15-16H,3,7H2;4-5,9-10,12H,1-2,6-7H2,3H3;3*3,5,7-8,10H,2,4H2,1H3;3H,1,4-6H2,2H3;2H2,1H3;2-3H,1H2;1H4/t13-,14-;11-,12-;;7-,8+;2*7-,8-;;;;/m00.100..../s1. The molecule has 0 bridgehead atoms. The first-order valence-electron chi connectivity index (χ1n) is 31.1. The third kappa shape index (κ3) is 43.7. The third-order valence-corrected chi connectivity index (χ3v) is 15.1. The summed E-state index contributed by atoms with van der Waals surface area (Å²) in [4.78, 5) is 84.0. The number of allylic oxidation sites excluding steroid dienone is 7. The molecular weight excluding hydrogens is 1300 g/mol. The van der Waals surface area contributed by atoms with Gasteiger partial charge in [-0.1, -0.05) is 96.8 Å². The maximum Gasteiger partial charge on any atom is 0.142 e. The van der Waals surface area contributed by atoms with Crippen molar-refractivity contribution in [2.24, 2.45) is 29.6 Å². The summed E-state index contributed by atoms with van der Waals surface area (Å²) >= 11 is 2.96. The van der Waals surface area contributed by atoms with Crippen LogP contribution in [0, 0.1) is 52.9 Å². The number of carbonyl (C=O) groups excluding carboxylic acids is 8. The van der Waals surface area contributed by atoms with Gasteiger partial charge in [0.25, 0.3) is 0 Å². The van der Waals surface area contributed by atoms with E-state index in [-0.39, 0.29) is 102 Å². The molecule has 0 aromatic heterocycles. The number of aldehydes is 1. The highest BCUT2D eigenvalue weighted by molar-refractivity contribution is 9.09. The monoisotopic (exact) mass is 1400 g/mol. The van der Waals surface area contributed by atoms with Gasteiger partial charge in [-0.2, -0.15) is 0 Å². The van der Waals surface area contributed by atoms with Crippen molar-refractivity contribution in [2.75, 3.05) is 18.5 Å². The molecule has 1 heterocycles. The first-order valence-corrected chi connectivity index (χ1v) is 32.2. The number of aliphatic hydroxyl groups is 5. The lowest BCUT2D eigenvalue weighted by Crippen LogP contribution is -2.47. The van der Waals surface area contributed by atoms with Crippen molar-refractivity contribution in [1.82, 2.24) is 5.32 Å². The maximum absolute atomic E-state index is 13.0. The van der Waals surface area contributed by atoms with Gasteiger partial charge in [-0.3, -0.25) is 33.6 Å². The van der Waals surface area contributed by atoms with E-state index in [0.29, 0.717) is 37.4 Å². The predicted octanol–water partition coefficient (Wildman–Crippen LogP) is 12.8. The molecule has 2 aromatic rings. The normalized spacial score (nSPS) is 21.9. The Hall–Kier alpha value is -6.98. The minimum atomic E-state index is -0.720. The molecule has 1 aliphatic heterocycles. The van der Waals surface area contributed by atoms with E-state index in [9.17, 15) is 71.5 Å². The maximum atomic E-state index is 13.0. The highest BCUT2D eigenvalue weighted by Crippen LogP contribution is 2.27. The molecule has 21 heteroatoms. The average molecular weight is 1400 g/mol. The molecule has 5 aliphatic rings. The average Bonchev–Trinajstić information content (AvgIpc) is 0.951. The van der Waals surface area contributed by atoms with Crippen molar-refractivity contribution in [1.29, 1.82) is 0 Å². The lowest BCUT2D eigenvalue weighted by atomic mass is 9.88. The summed E-state index contributed by atoms with van der Waals surface area (Å²) in [6, 6.07) is 5.74. The number of ketones is 7. The Morgan fingerprint density at radius 1 is 0.579 bits per heavy atom. The van der Waals surface area contributed by atoms with Gasteiger partial charge in [-0.25, -0.2) is 17.6 Å². The molecule has 530 valence electrons. The molecule has 0 spiro atoms. The van der Waals surface area contributed by atoms with E-state index in [2.05, 4.69) is 47.6 Å². The molecule has 0 saturated heterocycles. The second kappa shape index (κ2) is 55.2. The Morgan fingerprint density at radius 3 is 1.23 bits per heavy atom. The third-order valence-electron chi connectivity index (χ3n) is 14.3. The molecule has 0 amide bonds. The Bertz CT molecular complexity index is 2680. The topological polar surface area (TPSA) is 268 Å². The number of benzene rings is 2. The fourth-order valence-corrected chi connectivity index (χ4v) is 9.18. The van der Waals surface area contributed by atoms with Crippen molar-refractivity contribution in [3.05, 3.63) is 171 Å². The van der Waals surface area contributed by atoms with E-state index >= 15 is 0 Å². The van der Waals surface area contributed by atoms with Crippen LogP contribution in [0.15, 0.2) is 148 Å². The van der Waals surface area contributed by atoms with Gasteiger partial charge in [0.05, 0.1) is 48.3 Å². The Morgan fingerprint density at radius 2 is 0.937 bits per heavy atom. The van der Waals surface area contributed by atoms with Crippen LogP contribution >= 0.6 is 15.9 Å². The van der Waals surface area contributed by atoms with Gasteiger partial charge in [0.15, 0.2) is 0 Å². The van der Waals surface area contributed by atoms with Crippen molar-refractivity contribution >= 4 is 62.7 Å². The van der Waals surface area contributed by atoms with Crippen LogP contribution in [-0.2, 0) is 38.4 Å². The second-order valence-corrected chi connectivity index (χ2v) is 22.8. The van der Waals surface area contributed by atoms with E-state index in [1.165, 1.54) is 53.7 Å². The number of nitrogens with one attached hydrogen (secondary N) is 1. The summed E-state index contributed by atoms with van der Waals surface area (Å²) < 4.78 is 62.9. The first-order chi connectivity index (χ1) is 44.5. The van der Waals surface area contributed by atoms with E-state index in [1.807, 2.05) is 36.5 Å². The molecule has 95 heavy (non-hydrogen) atoms. The van der Waals surface area contributed by atoms with E-state index in [4.69, 9.17) is 19.4 Å². The smallest absolute Gasteiger partial charge is 0.142 e. The van der Waals surface area contributed by atoms with Gasteiger partial charge in [0, 0.05) is 73.0 Å². The summed E-state index contributed by atoms with van der Waals surface area (Å²) in [6.45, 7) is 24.9. The number of carbonyl (C=O) groups is 8. The zero-order valence-electron chi connectivity index (χ0n) is 55.4. The first kappa shape index (κ1) is 92.2. The summed E-state index contributed by atoms with van der Waals surface area (Å²) in [6.07, 6.45) is 32.4. The highest BCUT2D eigenvalue weighted by Gasteiger charge is 2.29. The number of halogens is 5. The minimum Gasteiger partial charge on any atom is -0.485 e. The van der Waals surface area contributed by atoms with Crippen LogP contribution in [0.5, 0.6) is 11.5 Å². The van der Waals surface area contributed by atoms with Crippen molar-refractivity contribution in [3.63, 3.8) is 0 Å². The molecule has 6 N–H and O–H groups in total. The SMILES string of the molecule is C.C=CC=O.C=CCCC(C(C)=O)C(O)C=C.C=CCCCC(C)=O.CC(=O)CBr.CC(=O)[C@@H]1CCC=C[C@@H]1O.CC(=O)[C@@H]1CCC=C[C@@H]1O.CC(=O)[C@@H]1CCC=C[C@@H]1Oc1cc(F)cc(F)c1.CC(=O)[C@H]1CCC=C[C@@H]1O.OC[C@@H]1NCC=C[C@@H]1Oc1cc(F)cc(F)c1. The molecule has 0 saturated carbocycles. The van der Waals surface area contributed by atoms with Gasteiger partial charge in [0.1, 0.15) is 93.7 Å². The number of hydrogen-bond donors (Lipinski definition) is 6. The summed E-state index contributed by atoms with van der Waals surface area (Å²) in [5.41, 5.74) is 0. The number of rotatable bonds is 21. The fraction of sp³-hybridized carbons (Fsp3) is 0.486. The van der Waals surface area contributed by atoms with Crippen molar-refractivity contribution in [3.8, 4) is 11.5 Å². The molecule has 2 aromatic carbocycles. The zero-order chi connectivity index (χ0) is 71.7. The van der Waals surface area contributed by atoms with E-state index in [0.717, 1.165) is 101 Å². The molecule has 16 nitrogen and oxygen atoms in total. The number of alkyl halides is 1. The molecular formula is C74H104BrF4NO15. The largest absolute Gasteiger partial charge is 0.485 e. The quantitative estimate of drug-likeness (QED) is 0.0169. The Kier molecular flexibility index (Phi) is 53.6. The summed E-state index contributed by atoms with van der Waals surface area (Å²) in [5.74, 6) is -2.79. The fourth-order valence-electron chi connectivity index (χ4n) is 9.18. The number of unbranched alkanes of at least 4 members (excludes halogenated alkanes) is 1. The second-order valence-electron chi connectivity index (χ2n) is 22.3. The minimum absolute atomic E-state index is 0. The molecule has 7 rings (SSSR count). The Balaban J connectivity index is -0.00000103. The van der Waals surface area contributed by atoms with Crippen LogP contribution in [0.2, 0.25) is 0 Å². The van der Waals surface area contributed by atoms with Crippen molar-refractivity contribution < 1.29 is 90.9 Å². The van der Waals surface area contributed by atoms with Crippen LogP contribution in [0.3, 0.4) is 0 Å². The molecule has 2 unspecified atom stereocenters. The lowest BCUT2D eigenvalue weighted by Gasteiger charge is -2.27. The van der Waals surface area contributed by atoms with Crippen LogP contribution in [0.4, 0.5) is 17.6 Å². The highest BCUT2D eigenvalue weighted by atomic mass is 79.9. The molecule has 0 fully saturated rings. The molecule has 4 aliphatic carbocycles. The summed E-state index contributed by atoms with van der Waals surface area (Å²) in [7, 11) is 0. The van der Waals surface area contributed by atoms with E-state index < -0.39 is 59.9 Å². The van der Waals surface area contributed by atoms with Gasteiger partial charge in [-0.05, 0) is 144 Å². The van der Waals surface area contributed by atoms with Crippen molar-refractivity contribution in [2.45, 2.75) is 182 Å². The lowest BCUT2D eigenvalue weighted by molar-refractivity contribution is -0.124. The van der Waals surface area contributed by atoms with Gasteiger partial charge in [0.2, 0.25) is 0 Å². The van der Waals surface area contributed by atoms with Gasteiger partial charge >= 0.3 is 0 Å². The number of Topliss-reactive ketones (excluding diaryl/α,β-unsaturated/α-hetero) is 7. The zero-order valence-corrected chi connectivity index (χ0v) is 57.0. The predicted molar refractivity (Wildman–Crippen MR) is 370 cm³/mol. The van der Waals surface area contributed by atoms with Crippen LogP contribution in [0.25, 0.3) is 0 Å². The number of hydrogen-bond acceptors (Lipinski definition) is 16. The van der Waals surface area contributed by atoms with Crippen LogP contribution in [0.1, 0.15) is 139 Å². The van der Waals surface area contributed by atoms with E-state index in [1.54, 1.807) is 43.4 Å². The van der Waals surface area contributed by atoms with Gasteiger partial charge < -0.3 is 45.1 Å². The van der Waals surface area contributed by atoms with Gasteiger partial charge in [-0.15, -0.1) is 19.7 Å². The molecule has 12 atom stereocenters. The van der Waals surface area contributed by atoms with Crippen LogP contribution < -0.4 is 14.8 Å². The number of ether oxygens (including phenoxy) is 2. The Labute approximate surface area is 569 Å².